The largest absolute Gasteiger partial charge is 0.381 e. The molecular formula is C15H19N3O2. The number of aromatic amines is 1. The van der Waals surface area contributed by atoms with Crippen LogP contribution in [0.2, 0.25) is 0 Å². The Morgan fingerprint density at radius 1 is 1.55 bits per heavy atom. The van der Waals surface area contributed by atoms with Crippen molar-refractivity contribution in [2.24, 2.45) is 5.92 Å². The van der Waals surface area contributed by atoms with Crippen molar-refractivity contribution in [2.75, 3.05) is 26.3 Å². The van der Waals surface area contributed by atoms with Gasteiger partial charge in [0.2, 0.25) is 0 Å². The highest BCUT2D eigenvalue weighted by Crippen LogP contribution is 2.22. The first-order valence-electron chi connectivity index (χ1n) is 7.08. The van der Waals surface area contributed by atoms with Crippen molar-refractivity contribution in [3.8, 4) is 0 Å². The molecule has 3 rings (SSSR count). The van der Waals surface area contributed by atoms with Crippen LogP contribution in [0, 0.1) is 5.92 Å². The van der Waals surface area contributed by atoms with Gasteiger partial charge in [-0.1, -0.05) is 0 Å². The maximum atomic E-state index is 12.6. The summed E-state index contributed by atoms with van der Waals surface area (Å²) in [5, 5.41) is 0.894. The number of nitrogens with zero attached hydrogens (tertiary/aromatic N) is 2. The zero-order valence-electron chi connectivity index (χ0n) is 11.6. The summed E-state index contributed by atoms with van der Waals surface area (Å²) in [6, 6.07) is 3.79. The van der Waals surface area contributed by atoms with E-state index in [0.29, 0.717) is 11.6 Å². The first kappa shape index (κ1) is 13.1. The maximum Gasteiger partial charge on any atom is 0.273 e. The number of carbonyl (C=O) groups is 1. The van der Waals surface area contributed by atoms with Crippen LogP contribution in [0.3, 0.4) is 0 Å². The molecule has 106 valence electrons. The van der Waals surface area contributed by atoms with E-state index in [-0.39, 0.29) is 5.91 Å². The van der Waals surface area contributed by atoms with Crippen LogP contribution >= 0.6 is 0 Å². The summed E-state index contributed by atoms with van der Waals surface area (Å²) in [5.74, 6) is 0.471. The Hall–Kier alpha value is -1.88. The molecule has 1 saturated heterocycles. The topological polar surface area (TPSA) is 58.2 Å². The number of hydrogen-bond acceptors (Lipinski definition) is 3. The molecule has 2 aromatic rings. The van der Waals surface area contributed by atoms with Crippen molar-refractivity contribution < 1.29 is 9.53 Å². The van der Waals surface area contributed by atoms with Crippen LogP contribution in [0.5, 0.6) is 0 Å². The first-order chi connectivity index (χ1) is 9.79. The van der Waals surface area contributed by atoms with E-state index in [1.54, 1.807) is 6.20 Å². The lowest BCUT2D eigenvalue weighted by atomic mass is 10.1. The molecule has 1 N–H and O–H groups in total. The minimum absolute atomic E-state index is 0.0224. The highest BCUT2D eigenvalue weighted by Gasteiger charge is 2.28. The van der Waals surface area contributed by atoms with Gasteiger partial charge in [0.25, 0.3) is 5.91 Å². The summed E-state index contributed by atoms with van der Waals surface area (Å²) < 4.78 is 5.45. The van der Waals surface area contributed by atoms with E-state index >= 15 is 0 Å². The second kappa shape index (κ2) is 5.63. The molecule has 3 heterocycles. The van der Waals surface area contributed by atoms with Gasteiger partial charge < -0.3 is 14.6 Å². The van der Waals surface area contributed by atoms with Gasteiger partial charge in [0.05, 0.1) is 6.61 Å². The van der Waals surface area contributed by atoms with E-state index < -0.39 is 0 Å². The van der Waals surface area contributed by atoms with Crippen LogP contribution in [0.15, 0.2) is 24.5 Å². The lowest BCUT2D eigenvalue weighted by molar-refractivity contribution is 0.0759. The average molecular weight is 273 g/mol. The van der Waals surface area contributed by atoms with Crippen molar-refractivity contribution in [3.05, 3.63) is 30.2 Å². The second-order valence-corrected chi connectivity index (χ2v) is 5.16. The molecule has 0 spiro atoms. The highest BCUT2D eigenvalue weighted by molar-refractivity contribution is 6.04. The van der Waals surface area contributed by atoms with Gasteiger partial charge >= 0.3 is 0 Å². The number of amides is 1. The van der Waals surface area contributed by atoms with Crippen LogP contribution in [0.1, 0.15) is 23.8 Å². The number of hydrogen-bond donors (Lipinski definition) is 1. The smallest absolute Gasteiger partial charge is 0.273 e. The SMILES string of the molecule is CCOCC1CCN(C(=O)c2nccc3[nH]ccc23)C1. The molecule has 1 aliphatic heterocycles. The summed E-state index contributed by atoms with van der Waals surface area (Å²) >= 11 is 0. The van der Waals surface area contributed by atoms with Gasteiger partial charge in [-0.3, -0.25) is 9.78 Å². The first-order valence-corrected chi connectivity index (χ1v) is 7.08. The van der Waals surface area contributed by atoms with Crippen LogP contribution in [-0.2, 0) is 4.74 Å². The number of fused-ring (bicyclic) bond motifs is 1. The van der Waals surface area contributed by atoms with E-state index in [4.69, 9.17) is 4.74 Å². The van der Waals surface area contributed by atoms with Crippen LogP contribution in [0.25, 0.3) is 10.9 Å². The highest BCUT2D eigenvalue weighted by atomic mass is 16.5. The minimum Gasteiger partial charge on any atom is -0.381 e. The van der Waals surface area contributed by atoms with Crippen molar-refractivity contribution in [2.45, 2.75) is 13.3 Å². The van der Waals surface area contributed by atoms with Gasteiger partial charge in [0, 0.05) is 48.9 Å². The molecule has 2 aromatic heterocycles. The molecular weight excluding hydrogens is 254 g/mol. The molecule has 0 aromatic carbocycles. The summed E-state index contributed by atoms with van der Waals surface area (Å²) in [5.41, 5.74) is 1.49. The lowest BCUT2D eigenvalue weighted by Crippen LogP contribution is -2.30. The quantitative estimate of drug-likeness (QED) is 0.927. The Morgan fingerprint density at radius 2 is 2.45 bits per heavy atom. The number of H-pyrrole nitrogens is 1. The number of ether oxygens (including phenoxy) is 1. The molecule has 1 aliphatic rings. The number of aromatic nitrogens is 2. The molecule has 0 aliphatic carbocycles. The number of rotatable bonds is 4. The fourth-order valence-corrected chi connectivity index (χ4v) is 2.74. The predicted octanol–water partition coefficient (Wildman–Crippen LogP) is 2.06. The van der Waals surface area contributed by atoms with Crippen molar-refractivity contribution in [3.63, 3.8) is 0 Å². The molecule has 1 unspecified atom stereocenters. The molecule has 1 amide bonds. The van der Waals surface area contributed by atoms with E-state index in [9.17, 15) is 4.79 Å². The zero-order chi connectivity index (χ0) is 13.9. The monoisotopic (exact) mass is 273 g/mol. The third-order valence-corrected chi connectivity index (χ3v) is 3.81. The van der Waals surface area contributed by atoms with Crippen LogP contribution in [0.4, 0.5) is 0 Å². The van der Waals surface area contributed by atoms with Crippen LogP contribution in [-0.4, -0.2) is 47.1 Å². The van der Waals surface area contributed by atoms with Gasteiger partial charge in [-0.25, -0.2) is 0 Å². The molecule has 0 bridgehead atoms. The Bertz CT molecular complexity index is 608. The Kier molecular flexibility index (Phi) is 3.69. The molecule has 0 saturated carbocycles. The molecule has 1 fully saturated rings. The number of pyridine rings is 1. The fourth-order valence-electron chi connectivity index (χ4n) is 2.74. The third-order valence-electron chi connectivity index (χ3n) is 3.81. The standard InChI is InChI=1S/C15H19N3O2/c1-2-20-10-11-5-8-18(9-11)15(19)14-12-3-6-16-13(12)4-7-17-14/h3-4,6-7,11,16H,2,5,8-10H2,1H3. The third kappa shape index (κ3) is 2.41. The summed E-state index contributed by atoms with van der Waals surface area (Å²) in [6.45, 7) is 5.02. The maximum absolute atomic E-state index is 12.6. The Morgan fingerprint density at radius 3 is 3.30 bits per heavy atom. The molecule has 5 nitrogen and oxygen atoms in total. The molecule has 0 radical (unpaired) electrons. The number of carbonyl (C=O) groups excluding carboxylic acids is 1. The van der Waals surface area contributed by atoms with E-state index in [1.165, 1.54) is 0 Å². The molecule has 20 heavy (non-hydrogen) atoms. The fraction of sp³-hybridized carbons (Fsp3) is 0.467. The van der Waals surface area contributed by atoms with Crippen molar-refractivity contribution in [1.82, 2.24) is 14.9 Å². The van der Waals surface area contributed by atoms with E-state index in [1.807, 2.05) is 30.2 Å². The minimum atomic E-state index is 0.0224. The van der Waals surface area contributed by atoms with E-state index in [2.05, 4.69) is 9.97 Å². The summed E-state index contributed by atoms with van der Waals surface area (Å²) in [6.07, 6.45) is 4.53. The van der Waals surface area contributed by atoms with Gasteiger partial charge in [-0.2, -0.15) is 0 Å². The Balaban J connectivity index is 1.75. The normalized spacial score (nSPS) is 18.9. The predicted molar refractivity (Wildman–Crippen MR) is 76.6 cm³/mol. The van der Waals surface area contributed by atoms with Gasteiger partial charge in [-0.05, 0) is 25.5 Å². The number of nitrogens with one attached hydrogen (secondary N) is 1. The Labute approximate surface area is 117 Å². The summed E-state index contributed by atoms with van der Waals surface area (Å²) in [7, 11) is 0. The average Bonchev–Trinajstić information content (AvgIpc) is 3.12. The molecule has 5 heteroatoms. The van der Waals surface area contributed by atoms with Gasteiger partial charge in [-0.15, -0.1) is 0 Å². The van der Waals surface area contributed by atoms with Crippen LogP contribution < -0.4 is 0 Å². The number of likely N-dealkylation sites (tertiary alicyclic amines) is 1. The zero-order valence-corrected chi connectivity index (χ0v) is 11.6. The summed E-state index contributed by atoms with van der Waals surface area (Å²) in [4.78, 5) is 21.9. The van der Waals surface area contributed by atoms with E-state index in [0.717, 1.165) is 43.6 Å². The van der Waals surface area contributed by atoms with Gasteiger partial charge in [0.15, 0.2) is 0 Å². The lowest BCUT2D eigenvalue weighted by Gasteiger charge is -2.16. The van der Waals surface area contributed by atoms with Crippen molar-refractivity contribution in [1.29, 1.82) is 0 Å². The second-order valence-electron chi connectivity index (χ2n) is 5.16. The molecule has 1 atom stereocenters. The van der Waals surface area contributed by atoms with Crippen molar-refractivity contribution >= 4 is 16.8 Å². The van der Waals surface area contributed by atoms with Gasteiger partial charge in [0.1, 0.15) is 5.69 Å².